The molecule has 11 heteroatoms. The number of fused-ring (bicyclic) bond motifs is 1. The summed E-state index contributed by atoms with van der Waals surface area (Å²) < 4.78 is 1.70. The Balaban J connectivity index is 1.38. The van der Waals surface area contributed by atoms with Gasteiger partial charge in [0.05, 0.1) is 15.5 Å². The Hall–Kier alpha value is -4.15. The molecule has 33 heavy (non-hydrogen) atoms. The molecule has 0 aliphatic heterocycles. The van der Waals surface area contributed by atoms with Crippen LogP contribution < -0.4 is 5.32 Å². The van der Waals surface area contributed by atoms with Crippen molar-refractivity contribution in [3.63, 3.8) is 0 Å². The number of nitro benzene ring substituents is 1. The maximum Gasteiger partial charge on any atom is 0.288 e. The monoisotopic (exact) mass is 476 g/mol. The van der Waals surface area contributed by atoms with Gasteiger partial charge in [0.1, 0.15) is 5.02 Å². The summed E-state index contributed by atoms with van der Waals surface area (Å²) in [6.07, 6.45) is 0. The number of nitrogens with zero attached hydrogens (tertiary/aromatic N) is 5. The van der Waals surface area contributed by atoms with Crippen molar-refractivity contribution in [1.29, 1.82) is 0 Å². The second-order valence-electron chi connectivity index (χ2n) is 6.94. The average molecular weight is 477 g/mol. The maximum atomic E-state index is 12.5. The van der Waals surface area contributed by atoms with Gasteiger partial charge >= 0.3 is 0 Å². The van der Waals surface area contributed by atoms with Crippen LogP contribution in [0, 0.1) is 10.1 Å². The SMILES string of the molecule is O=C(Nc1ccc(-c2ccc3nnc(-c4cccs4)n3n2)cc1)c1ccc(Cl)c([N+](=O)[O-])c1. The molecule has 162 valence electrons. The first-order valence-corrected chi connectivity index (χ1v) is 10.9. The van der Waals surface area contributed by atoms with Gasteiger partial charge in [0, 0.05) is 22.9 Å². The molecule has 0 aliphatic carbocycles. The zero-order valence-electron chi connectivity index (χ0n) is 16.7. The highest BCUT2D eigenvalue weighted by molar-refractivity contribution is 7.13. The third kappa shape index (κ3) is 4.04. The lowest BCUT2D eigenvalue weighted by Crippen LogP contribution is -2.12. The molecule has 5 rings (SSSR count). The summed E-state index contributed by atoms with van der Waals surface area (Å²) >= 11 is 7.37. The summed E-state index contributed by atoms with van der Waals surface area (Å²) in [6, 6.07) is 18.6. The lowest BCUT2D eigenvalue weighted by atomic mass is 10.1. The third-order valence-electron chi connectivity index (χ3n) is 4.85. The van der Waals surface area contributed by atoms with E-state index in [1.807, 2.05) is 41.8 Å². The van der Waals surface area contributed by atoms with Crippen molar-refractivity contribution >= 4 is 45.9 Å². The third-order valence-corrected chi connectivity index (χ3v) is 6.03. The molecule has 0 saturated carbocycles. The van der Waals surface area contributed by atoms with Gasteiger partial charge in [0.2, 0.25) is 0 Å². The Kier molecular flexibility index (Phi) is 5.29. The normalized spacial score (nSPS) is 10.9. The van der Waals surface area contributed by atoms with E-state index in [0.29, 0.717) is 22.9 Å². The molecule has 5 aromatic rings. The minimum absolute atomic E-state index is 0.0271. The molecule has 0 spiro atoms. The van der Waals surface area contributed by atoms with Crippen LogP contribution >= 0.6 is 22.9 Å². The van der Waals surface area contributed by atoms with Gasteiger partial charge in [-0.1, -0.05) is 29.8 Å². The first-order chi connectivity index (χ1) is 16.0. The van der Waals surface area contributed by atoms with E-state index in [1.54, 1.807) is 28.0 Å². The topological polar surface area (TPSA) is 115 Å². The van der Waals surface area contributed by atoms with Crippen molar-refractivity contribution < 1.29 is 9.72 Å². The standard InChI is InChI=1S/C22H13ClN6O3S/c23-16-8-5-14(12-18(16)29(31)32)22(30)24-15-6-3-13(4-7-15)17-9-10-20-25-26-21(28(20)27-17)19-2-1-11-33-19/h1-12H,(H,24,30). The summed E-state index contributed by atoms with van der Waals surface area (Å²) in [6.45, 7) is 0. The van der Waals surface area contributed by atoms with Crippen molar-refractivity contribution in [3.05, 3.63) is 92.8 Å². The van der Waals surface area contributed by atoms with Gasteiger partial charge in [-0.3, -0.25) is 14.9 Å². The molecule has 0 saturated heterocycles. The lowest BCUT2D eigenvalue weighted by Gasteiger charge is -2.07. The summed E-state index contributed by atoms with van der Waals surface area (Å²) in [7, 11) is 0. The van der Waals surface area contributed by atoms with E-state index in [-0.39, 0.29) is 16.3 Å². The molecule has 1 N–H and O–H groups in total. The molecule has 0 atom stereocenters. The van der Waals surface area contributed by atoms with Gasteiger partial charge in [0.25, 0.3) is 11.6 Å². The van der Waals surface area contributed by atoms with Crippen LogP contribution in [0.2, 0.25) is 5.02 Å². The van der Waals surface area contributed by atoms with Crippen LogP contribution in [0.5, 0.6) is 0 Å². The maximum absolute atomic E-state index is 12.5. The van der Waals surface area contributed by atoms with Gasteiger partial charge in [-0.25, -0.2) is 0 Å². The second kappa shape index (κ2) is 8.41. The minimum atomic E-state index is -0.628. The number of carbonyl (C=O) groups excluding carboxylic acids is 1. The number of nitrogens with one attached hydrogen (secondary N) is 1. The quantitative estimate of drug-likeness (QED) is 0.270. The van der Waals surface area contributed by atoms with Crippen molar-refractivity contribution in [2.75, 3.05) is 5.32 Å². The fraction of sp³-hybridized carbons (Fsp3) is 0. The number of anilines is 1. The molecule has 0 unspecified atom stereocenters. The van der Waals surface area contributed by atoms with Crippen LogP contribution in [0.15, 0.2) is 72.1 Å². The van der Waals surface area contributed by atoms with Gasteiger partial charge < -0.3 is 5.32 Å². The van der Waals surface area contributed by atoms with E-state index in [0.717, 1.165) is 16.5 Å². The van der Waals surface area contributed by atoms with Crippen LogP contribution in [-0.2, 0) is 0 Å². The number of benzene rings is 2. The molecule has 3 heterocycles. The molecule has 0 fully saturated rings. The van der Waals surface area contributed by atoms with Crippen LogP contribution in [0.1, 0.15) is 10.4 Å². The molecular formula is C22H13ClN6O3S. The fourth-order valence-corrected chi connectivity index (χ4v) is 4.10. The van der Waals surface area contributed by atoms with Crippen molar-refractivity contribution in [2.45, 2.75) is 0 Å². The number of hydrogen-bond acceptors (Lipinski definition) is 7. The Morgan fingerprint density at radius 2 is 1.88 bits per heavy atom. The fourth-order valence-electron chi connectivity index (χ4n) is 3.22. The number of nitro groups is 1. The predicted octanol–water partition coefficient (Wildman–Crippen LogP) is 5.33. The molecule has 0 radical (unpaired) electrons. The Labute approximate surface area is 195 Å². The average Bonchev–Trinajstić information content (AvgIpc) is 3.49. The smallest absolute Gasteiger partial charge is 0.288 e. The van der Waals surface area contributed by atoms with E-state index in [1.165, 1.54) is 12.1 Å². The Morgan fingerprint density at radius 3 is 2.61 bits per heavy atom. The van der Waals surface area contributed by atoms with Gasteiger partial charge in [-0.05, 0) is 47.8 Å². The summed E-state index contributed by atoms with van der Waals surface area (Å²) in [5, 5.41) is 28.8. The van der Waals surface area contributed by atoms with Crippen LogP contribution in [0.3, 0.4) is 0 Å². The number of hydrogen-bond donors (Lipinski definition) is 1. The van der Waals surface area contributed by atoms with Crippen molar-refractivity contribution in [2.24, 2.45) is 0 Å². The molecule has 9 nitrogen and oxygen atoms in total. The number of halogens is 1. The minimum Gasteiger partial charge on any atom is -0.322 e. The van der Waals surface area contributed by atoms with E-state index in [9.17, 15) is 14.9 Å². The molecule has 2 aromatic carbocycles. The number of carbonyl (C=O) groups is 1. The highest BCUT2D eigenvalue weighted by Gasteiger charge is 2.17. The van der Waals surface area contributed by atoms with Crippen LogP contribution in [0.25, 0.3) is 27.6 Å². The van der Waals surface area contributed by atoms with Crippen molar-refractivity contribution in [3.8, 4) is 22.0 Å². The summed E-state index contributed by atoms with van der Waals surface area (Å²) in [5.74, 6) is 0.190. The van der Waals surface area contributed by atoms with Crippen LogP contribution in [-0.4, -0.2) is 30.6 Å². The zero-order valence-corrected chi connectivity index (χ0v) is 18.2. The number of thiophene rings is 1. The van der Waals surface area contributed by atoms with E-state index >= 15 is 0 Å². The second-order valence-corrected chi connectivity index (χ2v) is 8.30. The highest BCUT2D eigenvalue weighted by atomic mass is 35.5. The number of rotatable bonds is 5. The van der Waals surface area contributed by atoms with Crippen LogP contribution in [0.4, 0.5) is 11.4 Å². The van der Waals surface area contributed by atoms with Gasteiger partial charge in [-0.15, -0.1) is 21.5 Å². The number of aromatic nitrogens is 4. The van der Waals surface area contributed by atoms with Gasteiger partial charge in [0.15, 0.2) is 11.5 Å². The number of amides is 1. The molecule has 1 amide bonds. The lowest BCUT2D eigenvalue weighted by molar-refractivity contribution is -0.384. The summed E-state index contributed by atoms with van der Waals surface area (Å²) in [4.78, 5) is 23.9. The Bertz CT molecular complexity index is 1500. The molecular weight excluding hydrogens is 464 g/mol. The van der Waals surface area contributed by atoms with E-state index < -0.39 is 10.8 Å². The van der Waals surface area contributed by atoms with Gasteiger partial charge in [-0.2, -0.15) is 9.61 Å². The predicted molar refractivity (Wildman–Crippen MR) is 126 cm³/mol. The van der Waals surface area contributed by atoms with E-state index in [4.69, 9.17) is 11.6 Å². The van der Waals surface area contributed by atoms with Crippen molar-refractivity contribution in [1.82, 2.24) is 19.8 Å². The Morgan fingerprint density at radius 1 is 1.06 bits per heavy atom. The zero-order chi connectivity index (χ0) is 22.9. The van der Waals surface area contributed by atoms with E-state index in [2.05, 4.69) is 20.6 Å². The largest absolute Gasteiger partial charge is 0.322 e. The first-order valence-electron chi connectivity index (χ1n) is 9.62. The molecule has 0 bridgehead atoms. The molecule has 3 aromatic heterocycles. The highest BCUT2D eigenvalue weighted by Crippen LogP contribution is 2.27. The summed E-state index contributed by atoms with van der Waals surface area (Å²) in [5.41, 5.74) is 2.54. The first kappa shape index (κ1) is 20.7. The molecule has 0 aliphatic rings.